The second kappa shape index (κ2) is 9.52. The van der Waals surface area contributed by atoms with Crippen LogP contribution in [0.1, 0.15) is 47.6 Å². The van der Waals surface area contributed by atoms with Gasteiger partial charge >= 0.3 is 5.97 Å². The van der Waals surface area contributed by atoms with Crippen LogP contribution in [0.3, 0.4) is 0 Å². The molecule has 0 N–H and O–H groups in total. The lowest BCUT2D eigenvalue weighted by Gasteiger charge is -2.11. The van der Waals surface area contributed by atoms with Crippen LogP contribution in [0.5, 0.6) is 11.5 Å². The van der Waals surface area contributed by atoms with Crippen molar-refractivity contribution in [1.29, 1.82) is 5.26 Å². The van der Waals surface area contributed by atoms with E-state index in [1.807, 2.05) is 26.0 Å². The SMILES string of the molecule is Cc1cc(/C=C(/C#N)C(=O)OCC(=O)c2ccc3c(c2)OCO3)c(C)n1CCC(C)C. The van der Waals surface area contributed by atoms with Crippen molar-refractivity contribution in [2.45, 2.75) is 40.7 Å². The summed E-state index contributed by atoms with van der Waals surface area (Å²) in [5, 5.41) is 9.45. The molecule has 1 aromatic heterocycles. The van der Waals surface area contributed by atoms with Gasteiger partial charge < -0.3 is 18.8 Å². The van der Waals surface area contributed by atoms with E-state index in [0.29, 0.717) is 23.0 Å². The smallest absolute Gasteiger partial charge is 0.349 e. The van der Waals surface area contributed by atoms with Gasteiger partial charge in [0.2, 0.25) is 6.79 Å². The molecule has 162 valence electrons. The number of benzene rings is 1. The summed E-state index contributed by atoms with van der Waals surface area (Å²) in [6.07, 6.45) is 2.55. The number of hydrogen-bond acceptors (Lipinski definition) is 6. The molecule has 0 fully saturated rings. The van der Waals surface area contributed by atoms with E-state index in [2.05, 4.69) is 18.4 Å². The van der Waals surface area contributed by atoms with Crippen molar-refractivity contribution in [3.05, 3.63) is 52.4 Å². The maximum atomic E-state index is 12.4. The van der Waals surface area contributed by atoms with Crippen LogP contribution in [0.15, 0.2) is 29.8 Å². The van der Waals surface area contributed by atoms with Crippen LogP contribution < -0.4 is 9.47 Å². The van der Waals surface area contributed by atoms with Gasteiger partial charge in [0.15, 0.2) is 23.9 Å². The van der Waals surface area contributed by atoms with Gasteiger partial charge in [-0.2, -0.15) is 5.26 Å². The first-order valence-electron chi connectivity index (χ1n) is 10.2. The van der Waals surface area contributed by atoms with Crippen molar-refractivity contribution in [2.75, 3.05) is 13.4 Å². The van der Waals surface area contributed by atoms with Crippen LogP contribution in [0.25, 0.3) is 6.08 Å². The molecule has 3 rings (SSSR count). The number of aromatic nitrogens is 1. The first-order valence-corrected chi connectivity index (χ1v) is 10.2. The molecule has 0 spiro atoms. The summed E-state index contributed by atoms with van der Waals surface area (Å²) >= 11 is 0. The van der Waals surface area contributed by atoms with E-state index < -0.39 is 18.4 Å². The third kappa shape index (κ3) is 5.15. The Morgan fingerprint density at radius 2 is 1.97 bits per heavy atom. The van der Waals surface area contributed by atoms with E-state index in [-0.39, 0.29) is 12.4 Å². The van der Waals surface area contributed by atoms with E-state index in [1.165, 1.54) is 6.08 Å². The number of Topliss-reactive ketones (excluding diaryl/α,β-unsaturated/α-hetero) is 1. The Labute approximate surface area is 181 Å². The molecule has 0 saturated heterocycles. The molecule has 0 atom stereocenters. The van der Waals surface area contributed by atoms with Crippen molar-refractivity contribution in [3.63, 3.8) is 0 Å². The van der Waals surface area contributed by atoms with Crippen molar-refractivity contribution in [1.82, 2.24) is 4.57 Å². The summed E-state index contributed by atoms with van der Waals surface area (Å²) in [7, 11) is 0. The van der Waals surface area contributed by atoms with Gasteiger partial charge in [0.1, 0.15) is 11.6 Å². The summed E-state index contributed by atoms with van der Waals surface area (Å²) in [5.74, 6) is 0.392. The number of ether oxygens (including phenoxy) is 3. The number of rotatable bonds is 8. The normalized spacial score (nSPS) is 12.7. The van der Waals surface area contributed by atoms with Crippen molar-refractivity contribution < 1.29 is 23.8 Å². The maximum Gasteiger partial charge on any atom is 0.349 e. The van der Waals surface area contributed by atoms with Crippen LogP contribution in [-0.2, 0) is 16.1 Å². The van der Waals surface area contributed by atoms with Crippen LogP contribution in [0.2, 0.25) is 0 Å². The fourth-order valence-electron chi connectivity index (χ4n) is 3.36. The van der Waals surface area contributed by atoms with Crippen LogP contribution in [-0.4, -0.2) is 29.7 Å². The molecule has 1 aliphatic heterocycles. The molecule has 31 heavy (non-hydrogen) atoms. The summed E-state index contributed by atoms with van der Waals surface area (Å²) in [5.41, 5.74) is 3.02. The summed E-state index contributed by atoms with van der Waals surface area (Å²) in [6.45, 7) is 8.82. The Kier molecular flexibility index (Phi) is 6.81. The molecule has 7 heteroatoms. The van der Waals surface area contributed by atoms with E-state index in [9.17, 15) is 14.9 Å². The minimum Gasteiger partial charge on any atom is -0.454 e. The predicted octanol–water partition coefficient (Wildman–Crippen LogP) is 4.21. The third-order valence-electron chi connectivity index (χ3n) is 5.21. The molecule has 0 aliphatic carbocycles. The molecule has 2 aromatic rings. The Morgan fingerprint density at radius 3 is 2.68 bits per heavy atom. The van der Waals surface area contributed by atoms with Gasteiger partial charge in [-0.25, -0.2) is 4.79 Å². The number of fused-ring (bicyclic) bond motifs is 1. The molecular formula is C24H26N2O5. The van der Waals surface area contributed by atoms with Gasteiger partial charge in [0.25, 0.3) is 0 Å². The van der Waals surface area contributed by atoms with Gasteiger partial charge in [-0.15, -0.1) is 0 Å². The molecule has 7 nitrogen and oxygen atoms in total. The Bertz CT molecular complexity index is 1070. The van der Waals surface area contributed by atoms with Gasteiger partial charge in [0.05, 0.1) is 0 Å². The Morgan fingerprint density at radius 1 is 1.23 bits per heavy atom. The number of nitrogens with zero attached hydrogens (tertiary/aromatic N) is 2. The zero-order chi connectivity index (χ0) is 22.5. The highest BCUT2D eigenvalue weighted by atomic mass is 16.7. The van der Waals surface area contributed by atoms with Gasteiger partial charge in [-0.3, -0.25) is 4.79 Å². The number of ketones is 1. The number of carbonyl (C=O) groups excluding carboxylic acids is 2. The number of esters is 1. The van der Waals surface area contributed by atoms with E-state index in [0.717, 1.165) is 29.9 Å². The standard InChI is InChI=1S/C24H26N2O5/c1-15(2)7-8-26-16(3)9-19(17(26)4)10-20(12-25)24(28)29-13-21(27)18-5-6-22-23(11-18)31-14-30-22/h5-6,9-11,15H,7-8,13-14H2,1-4H3/b20-10-. The van der Waals surface area contributed by atoms with E-state index in [1.54, 1.807) is 18.2 Å². The second-order valence-electron chi connectivity index (χ2n) is 7.90. The zero-order valence-electron chi connectivity index (χ0n) is 18.2. The Balaban J connectivity index is 1.67. The number of hydrogen-bond donors (Lipinski definition) is 0. The third-order valence-corrected chi connectivity index (χ3v) is 5.21. The fourth-order valence-corrected chi connectivity index (χ4v) is 3.36. The van der Waals surface area contributed by atoms with Gasteiger partial charge in [0, 0.05) is 23.5 Å². The molecule has 2 heterocycles. The predicted molar refractivity (Wildman–Crippen MR) is 115 cm³/mol. The number of aryl methyl sites for hydroxylation is 1. The average Bonchev–Trinajstić information content (AvgIpc) is 3.31. The maximum absolute atomic E-state index is 12.4. The monoisotopic (exact) mass is 422 g/mol. The lowest BCUT2D eigenvalue weighted by Crippen LogP contribution is -2.15. The molecule has 1 aromatic carbocycles. The first kappa shape index (κ1) is 22.2. The minimum absolute atomic E-state index is 0.108. The summed E-state index contributed by atoms with van der Waals surface area (Å²) in [6, 6.07) is 8.59. The molecular weight excluding hydrogens is 396 g/mol. The summed E-state index contributed by atoms with van der Waals surface area (Å²) < 4.78 is 17.7. The minimum atomic E-state index is -0.830. The van der Waals surface area contributed by atoms with Gasteiger partial charge in [-0.05, 0) is 62.1 Å². The Hall–Kier alpha value is -3.53. The second-order valence-corrected chi connectivity index (χ2v) is 7.90. The van der Waals surface area contributed by atoms with E-state index >= 15 is 0 Å². The molecule has 0 saturated carbocycles. The highest BCUT2D eigenvalue weighted by Gasteiger charge is 2.19. The highest BCUT2D eigenvalue weighted by molar-refractivity contribution is 6.02. The molecule has 0 radical (unpaired) electrons. The topological polar surface area (TPSA) is 90.6 Å². The first-order chi connectivity index (χ1) is 14.8. The van der Waals surface area contributed by atoms with Crippen molar-refractivity contribution in [3.8, 4) is 17.6 Å². The lowest BCUT2D eigenvalue weighted by atomic mass is 10.1. The van der Waals surface area contributed by atoms with E-state index in [4.69, 9.17) is 14.2 Å². The lowest BCUT2D eigenvalue weighted by molar-refractivity contribution is -0.137. The number of nitriles is 1. The van der Waals surface area contributed by atoms with Crippen molar-refractivity contribution >= 4 is 17.8 Å². The zero-order valence-corrected chi connectivity index (χ0v) is 18.2. The largest absolute Gasteiger partial charge is 0.454 e. The van der Waals surface area contributed by atoms with Crippen LogP contribution in [0, 0.1) is 31.1 Å². The molecule has 1 aliphatic rings. The fraction of sp³-hybridized carbons (Fsp3) is 0.375. The van der Waals surface area contributed by atoms with Crippen LogP contribution in [0.4, 0.5) is 0 Å². The summed E-state index contributed by atoms with van der Waals surface area (Å²) in [4.78, 5) is 24.8. The molecule has 0 unspecified atom stereocenters. The average molecular weight is 422 g/mol. The molecule has 0 amide bonds. The molecule has 0 bridgehead atoms. The highest BCUT2D eigenvalue weighted by Crippen LogP contribution is 2.32. The number of carbonyl (C=O) groups is 2. The van der Waals surface area contributed by atoms with Gasteiger partial charge in [-0.1, -0.05) is 13.8 Å². The van der Waals surface area contributed by atoms with Crippen molar-refractivity contribution in [2.24, 2.45) is 5.92 Å². The van der Waals surface area contributed by atoms with Crippen LogP contribution >= 0.6 is 0 Å². The quantitative estimate of drug-likeness (QED) is 0.274.